The van der Waals surface area contributed by atoms with E-state index in [1.54, 1.807) is 21.0 Å². The van der Waals surface area contributed by atoms with E-state index in [1.165, 1.54) is 0 Å². The molecule has 0 aliphatic carbocycles. The molecule has 2 atom stereocenters. The monoisotopic (exact) mass is 176 g/mol. The van der Waals surface area contributed by atoms with Crippen LogP contribution in [0.5, 0.6) is 0 Å². The van der Waals surface area contributed by atoms with Gasteiger partial charge in [-0.15, -0.1) is 0 Å². The van der Waals surface area contributed by atoms with Crippen molar-refractivity contribution in [1.29, 1.82) is 0 Å². The molecule has 0 rings (SSSR count). The Hall–Kier alpha value is -0.160. The van der Waals surface area contributed by atoms with Crippen molar-refractivity contribution in [2.24, 2.45) is 11.5 Å². The van der Waals surface area contributed by atoms with Crippen LogP contribution in [-0.2, 0) is 9.47 Å². The molecule has 0 fully saturated rings. The molecule has 0 amide bonds. The lowest BCUT2D eigenvalue weighted by atomic mass is 10.2. The van der Waals surface area contributed by atoms with Crippen molar-refractivity contribution in [1.82, 2.24) is 0 Å². The molecule has 0 saturated heterocycles. The summed E-state index contributed by atoms with van der Waals surface area (Å²) < 4.78 is 10.3. The topological polar surface area (TPSA) is 70.5 Å². The third-order valence-electron chi connectivity index (χ3n) is 1.62. The average molecular weight is 176 g/mol. The molecular formula is C8H20N2O2. The summed E-state index contributed by atoms with van der Waals surface area (Å²) in [5, 5.41) is 0. The molecule has 0 aromatic heterocycles. The fourth-order valence-corrected chi connectivity index (χ4v) is 0.621. The lowest BCUT2D eigenvalue weighted by Gasteiger charge is -2.24. The van der Waals surface area contributed by atoms with Crippen LogP contribution in [0.25, 0.3) is 0 Å². The van der Waals surface area contributed by atoms with Gasteiger partial charge in [0, 0.05) is 7.11 Å². The zero-order chi connectivity index (χ0) is 9.78. The van der Waals surface area contributed by atoms with Crippen LogP contribution in [0.15, 0.2) is 0 Å². The number of ether oxygens (including phenoxy) is 2. The van der Waals surface area contributed by atoms with Crippen LogP contribution in [0.1, 0.15) is 20.8 Å². The molecule has 4 N–H and O–H groups in total. The molecule has 74 valence electrons. The van der Waals surface area contributed by atoms with E-state index in [0.29, 0.717) is 6.61 Å². The Morgan fingerprint density at radius 1 is 1.42 bits per heavy atom. The molecule has 0 aliphatic heterocycles. The van der Waals surface area contributed by atoms with E-state index in [-0.39, 0.29) is 12.1 Å². The van der Waals surface area contributed by atoms with Gasteiger partial charge >= 0.3 is 0 Å². The Morgan fingerprint density at radius 3 is 2.25 bits per heavy atom. The van der Waals surface area contributed by atoms with E-state index < -0.39 is 5.72 Å². The third-order valence-corrected chi connectivity index (χ3v) is 1.62. The van der Waals surface area contributed by atoms with Crippen molar-refractivity contribution in [2.75, 3.05) is 13.7 Å². The van der Waals surface area contributed by atoms with E-state index in [1.807, 2.05) is 6.92 Å². The Kier molecular flexibility index (Phi) is 4.70. The molecule has 0 aliphatic rings. The zero-order valence-corrected chi connectivity index (χ0v) is 8.33. The highest BCUT2D eigenvalue weighted by atomic mass is 16.5. The van der Waals surface area contributed by atoms with E-state index in [9.17, 15) is 0 Å². The second kappa shape index (κ2) is 4.77. The molecule has 0 bridgehead atoms. The first-order chi connectivity index (χ1) is 5.37. The summed E-state index contributed by atoms with van der Waals surface area (Å²) >= 11 is 0. The van der Waals surface area contributed by atoms with E-state index in [4.69, 9.17) is 20.9 Å². The standard InChI is InChI=1S/C8H20N2O2/c1-6(11-4)7(9)5-12-8(2,3)10/h6-7H,5,9-10H2,1-4H3. The third kappa shape index (κ3) is 5.49. The molecule has 0 spiro atoms. The first kappa shape index (κ1) is 11.8. The summed E-state index contributed by atoms with van der Waals surface area (Å²) in [5.41, 5.74) is 10.7. The maximum absolute atomic E-state index is 5.73. The molecule has 0 aromatic rings. The summed E-state index contributed by atoms with van der Waals surface area (Å²) in [4.78, 5) is 0. The highest BCUT2D eigenvalue weighted by molar-refractivity contribution is 4.69. The minimum Gasteiger partial charge on any atom is -0.380 e. The summed E-state index contributed by atoms with van der Waals surface area (Å²) in [6, 6.07) is -0.127. The van der Waals surface area contributed by atoms with Gasteiger partial charge in [0.05, 0.1) is 18.8 Å². The van der Waals surface area contributed by atoms with Gasteiger partial charge in [0.2, 0.25) is 0 Å². The van der Waals surface area contributed by atoms with Gasteiger partial charge in [-0.25, -0.2) is 0 Å². The minimum atomic E-state index is -0.620. The van der Waals surface area contributed by atoms with Crippen molar-refractivity contribution in [3.8, 4) is 0 Å². The summed E-state index contributed by atoms with van der Waals surface area (Å²) in [6.45, 7) is 5.89. The number of nitrogens with two attached hydrogens (primary N) is 2. The van der Waals surface area contributed by atoms with Crippen LogP contribution in [0.3, 0.4) is 0 Å². The van der Waals surface area contributed by atoms with Crippen molar-refractivity contribution in [3.05, 3.63) is 0 Å². The quantitative estimate of drug-likeness (QED) is 0.581. The second-order valence-electron chi connectivity index (χ2n) is 3.52. The van der Waals surface area contributed by atoms with Crippen LogP contribution in [0, 0.1) is 0 Å². The van der Waals surface area contributed by atoms with Crippen molar-refractivity contribution in [2.45, 2.75) is 38.6 Å². The van der Waals surface area contributed by atoms with Crippen LogP contribution in [0.2, 0.25) is 0 Å². The summed E-state index contributed by atoms with van der Waals surface area (Å²) in [7, 11) is 1.62. The normalized spacial score (nSPS) is 17.5. The molecule has 12 heavy (non-hydrogen) atoms. The van der Waals surface area contributed by atoms with Gasteiger partial charge in [0.1, 0.15) is 5.72 Å². The first-order valence-electron chi connectivity index (χ1n) is 4.08. The van der Waals surface area contributed by atoms with E-state index in [0.717, 1.165) is 0 Å². The SMILES string of the molecule is COC(C)C(N)COC(C)(C)N. The molecule has 0 saturated carbocycles. The van der Waals surface area contributed by atoms with Crippen LogP contribution in [0.4, 0.5) is 0 Å². The minimum absolute atomic E-state index is 0.00708. The molecule has 2 unspecified atom stereocenters. The number of rotatable bonds is 5. The van der Waals surface area contributed by atoms with Gasteiger partial charge in [-0.3, -0.25) is 0 Å². The van der Waals surface area contributed by atoms with E-state index >= 15 is 0 Å². The van der Waals surface area contributed by atoms with Gasteiger partial charge in [-0.05, 0) is 20.8 Å². The maximum Gasteiger partial charge on any atom is 0.111 e. The molecule has 0 aromatic carbocycles. The molecule has 4 nitrogen and oxygen atoms in total. The summed E-state index contributed by atoms with van der Waals surface area (Å²) in [6.07, 6.45) is -0.00708. The second-order valence-corrected chi connectivity index (χ2v) is 3.52. The predicted molar refractivity (Wildman–Crippen MR) is 48.7 cm³/mol. The molecule has 0 heterocycles. The Labute approximate surface area is 74.2 Å². The van der Waals surface area contributed by atoms with Crippen LogP contribution >= 0.6 is 0 Å². The van der Waals surface area contributed by atoms with Crippen molar-refractivity contribution in [3.63, 3.8) is 0 Å². The lowest BCUT2D eigenvalue weighted by molar-refractivity contribution is -0.0390. The molecule has 4 heteroatoms. The largest absolute Gasteiger partial charge is 0.380 e. The number of hydrogen-bond donors (Lipinski definition) is 2. The predicted octanol–water partition coefficient (Wildman–Crippen LogP) is 0.0600. The Bertz CT molecular complexity index is 123. The Balaban J connectivity index is 3.64. The van der Waals surface area contributed by atoms with Crippen LogP contribution < -0.4 is 11.5 Å². The van der Waals surface area contributed by atoms with Gasteiger partial charge in [-0.2, -0.15) is 0 Å². The fraction of sp³-hybridized carbons (Fsp3) is 1.00. The fourth-order valence-electron chi connectivity index (χ4n) is 0.621. The average Bonchev–Trinajstić information content (AvgIpc) is 1.97. The molecular weight excluding hydrogens is 156 g/mol. The highest BCUT2D eigenvalue weighted by Gasteiger charge is 2.16. The lowest BCUT2D eigenvalue weighted by Crippen LogP contribution is -2.44. The number of methoxy groups -OCH3 is 1. The number of hydrogen-bond acceptors (Lipinski definition) is 4. The van der Waals surface area contributed by atoms with Gasteiger partial charge in [0.15, 0.2) is 0 Å². The smallest absolute Gasteiger partial charge is 0.111 e. The zero-order valence-electron chi connectivity index (χ0n) is 8.33. The maximum atomic E-state index is 5.73. The van der Waals surface area contributed by atoms with Crippen molar-refractivity contribution < 1.29 is 9.47 Å². The van der Waals surface area contributed by atoms with Crippen LogP contribution in [-0.4, -0.2) is 31.6 Å². The van der Waals surface area contributed by atoms with Gasteiger partial charge in [-0.1, -0.05) is 0 Å². The summed E-state index contributed by atoms with van der Waals surface area (Å²) in [5.74, 6) is 0. The molecule has 0 radical (unpaired) electrons. The van der Waals surface area contributed by atoms with Crippen molar-refractivity contribution >= 4 is 0 Å². The van der Waals surface area contributed by atoms with Gasteiger partial charge < -0.3 is 20.9 Å². The first-order valence-corrected chi connectivity index (χ1v) is 4.08. The highest BCUT2D eigenvalue weighted by Crippen LogP contribution is 2.02. The Morgan fingerprint density at radius 2 is 1.92 bits per heavy atom. The van der Waals surface area contributed by atoms with E-state index in [2.05, 4.69) is 0 Å². The van der Waals surface area contributed by atoms with Gasteiger partial charge in [0.25, 0.3) is 0 Å².